The van der Waals surface area contributed by atoms with E-state index in [2.05, 4.69) is 5.10 Å². The van der Waals surface area contributed by atoms with Gasteiger partial charge in [-0.25, -0.2) is 9.07 Å². The summed E-state index contributed by atoms with van der Waals surface area (Å²) in [7, 11) is 1.60. The number of hydrogen-bond acceptors (Lipinski definition) is 4. The Morgan fingerprint density at radius 3 is 2.39 bits per heavy atom. The van der Waals surface area contributed by atoms with Gasteiger partial charge in [0.25, 0.3) is 5.91 Å². The third-order valence-electron chi connectivity index (χ3n) is 4.68. The van der Waals surface area contributed by atoms with Gasteiger partial charge in [0, 0.05) is 18.7 Å². The van der Waals surface area contributed by atoms with Crippen LogP contribution < -0.4 is 4.74 Å². The van der Waals surface area contributed by atoms with Crippen molar-refractivity contribution in [3.63, 3.8) is 0 Å². The summed E-state index contributed by atoms with van der Waals surface area (Å²) in [5.41, 5.74) is 2.54. The van der Waals surface area contributed by atoms with E-state index in [9.17, 15) is 9.18 Å². The summed E-state index contributed by atoms with van der Waals surface area (Å²) in [6.07, 6.45) is 0. The van der Waals surface area contributed by atoms with Crippen molar-refractivity contribution in [2.45, 2.75) is 0 Å². The first-order chi connectivity index (χ1) is 13.7. The molecule has 0 radical (unpaired) electrons. The Bertz CT molecular complexity index is 962. The minimum atomic E-state index is -0.317. The topological polar surface area (TPSA) is 56.6 Å². The van der Waals surface area contributed by atoms with Gasteiger partial charge in [0.05, 0.1) is 31.7 Å². The molecule has 2 aromatic carbocycles. The molecular formula is C21H20FN3O3. The smallest absolute Gasteiger partial charge is 0.272 e. The lowest BCUT2D eigenvalue weighted by molar-refractivity contribution is 0.0297. The summed E-state index contributed by atoms with van der Waals surface area (Å²) in [6, 6.07) is 15.1. The van der Waals surface area contributed by atoms with Crippen molar-refractivity contribution in [1.29, 1.82) is 0 Å². The molecule has 1 aliphatic rings. The number of morpholine rings is 1. The van der Waals surface area contributed by atoms with Crippen LogP contribution in [0.15, 0.2) is 54.6 Å². The van der Waals surface area contributed by atoms with Crippen molar-refractivity contribution in [2.24, 2.45) is 0 Å². The zero-order valence-electron chi connectivity index (χ0n) is 15.5. The second-order valence-electron chi connectivity index (χ2n) is 6.44. The molecule has 144 valence electrons. The maximum atomic E-state index is 13.3. The highest BCUT2D eigenvalue weighted by atomic mass is 19.1. The van der Waals surface area contributed by atoms with E-state index in [1.165, 1.54) is 12.1 Å². The van der Waals surface area contributed by atoms with Gasteiger partial charge in [-0.2, -0.15) is 5.10 Å². The Morgan fingerprint density at radius 2 is 1.75 bits per heavy atom. The van der Waals surface area contributed by atoms with Crippen molar-refractivity contribution >= 4 is 5.91 Å². The van der Waals surface area contributed by atoms with Crippen LogP contribution >= 0.6 is 0 Å². The molecule has 1 aliphatic heterocycles. The van der Waals surface area contributed by atoms with Crippen LogP contribution in [-0.4, -0.2) is 54.0 Å². The average Bonchev–Trinajstić information content (AvgIpc) is 3.20. The van der Waals surface area contributed by atoms with Gasteiger partial charge in [-0.15, -0.1) is 0 Å². The van der Waals surface area contributed by atoms with Crippen LogP contribution in [0.3, 0.4) is 0 Å². The van der Waals surface area contributed by atoms with E-state index >= 15 is 0 Å². The minimum absolute atomic E-state index is 0.111. The van der Waals surface area contributed by atoms with Gasteiger partial charge in [0.15, 0.2) is 0 Å². The van der Waals surface area contributed by atoms with Crippen molar-refractivity contribution in [2.75, 3.05) is 33.4 Å². The van der Waals surface area contributed by atoms with Gasteiger partial charge in [-0.1, -0.05) is 0 Å². The van der Waals surface area contributed by atoms with E-state index in [4.69, 9.17) is 9.47 Å². The Labute approximate surface area is 162 Å². The quantitative estimate of drug-likeness (QED) is 0.697. The van der Waals surface area contributed by atoms with E-state index in [0.29, 0.717) is 37.7 Å². The van der Waals surface area contributed by atoms with Gasteiger partial charge in [-0.3, -0.25) is 4.79 Å². The molecule has 1 fully saturated rings. The van der Waals surface area contributed by atoms with Gasteiger partial charge in [0.1, 0.15) is 17.3 Å². The van der Waals surface area contributed by atoms with Crippen LogP contribution in [0.2, 0.25) is 0 Å². The van der Waals surface area contributed by atoms with Crippen LogP contribution in [0, 0.1) is 5.82 Å². The molecule has 7 heteroatoms. The second-order valence-corrected chi connectivity index (χ2v) is 6.44. The molecule has 1 saturated heterocycles. The normalized spacial score (nSPS) is 14.1. The molecule has 6 nitrogen and oxygen atoms in total. The van der Waals surface area contributed by atoms with Crippen LogP contribution in [0.1, 0.15) is 10.5 Å². The molecule has 2 heterocycles. The number of carbonyl (C=O) groups is 1. The molecule has 0 spiro atoms. The lowest BCUT2D eigenvalue weighted by Gasteiger charge is -2.26. The minimum Gasteiger partial charge on any atom is -0.497 e. The number of halogens is 1. The maximum absolute atomic E-state index is 13.3. The monoisotopic (exact) mass is 381 g/mol. The molecule has 1 amide bonds. The fraction of sp³-hybridized carbons (Fsp3) is 0.238. The number of aromatic nitrogens is 2. The van der Waals surface area contributed by atoms with E-state index < -0.39 is 0 Å². The number of nitrogens with zero attached hydrogens (tertiary/aromatic N) is 3. The molecule has 4 rings (SSSR count). The Morgan fingerprint density at radius 1 is 1.07 bits per heavy atom. The van der Waals surface area contributed by atoms with E-state index in [1.54, 1.807) is 34.9 Å². The summed E-state index contributed by atoms with van der Waals surface area (Å²) in [5.74, 6) is 0.290. The number of rotatable bonds is 4. The summed E-state index contributed by atoms with van der Waals surface area (Å²) in [4.78, 5) is 14.9. The molecule has 1 aromatic heterocycles. The highest BCUT2D eigenvalue weighted by molar-refractivity contribution is 5.94. The lowest BCUT2D eigenvalue weighted by atomic mass is 10.1. The van der Waals surface area contributed by atoms with Crippen molar-refractivity contribution in [3.05, 3.63) is 66.1 Å². The Hall–Kier alpha value is -3.19. The fourth-order valence-corrected chi connectivity index (χ4v) is 3.14. The molecule has 3 aromatic rings. The highest BCUT2D eigenvalue weighted by Gasteiger charge is 2.24. The summed E-state index contributed by atoms with van der Waals surface area (Å²) in [6.45, 7) is 2.12. The third kappa shape index (κ3) is 3.61. The molecule has 0 aliphatic carbocycles. The number of carbonyl (C=O) groups excluding carboxylic acids is 1. The first-order valence-electron chi connectivity index (χ1n) is 9.03. The van der Waals surface area contributed by atoms with E-state index in [0.717, 1.165) is 17.0 Å². The number of hydrogen-bond donors (Lipinski definition) is 0. The largest absolute Gasteiger partial charge is 0.497 e. The molecule has 0 saturated carbocycles. The van der Waals surface area contributed by atoms with Crippen LogP contribution in [0.4, 0.5) is 4.39 Å². The number of benzene rings is 2. The molecule has 28 heavy (non-hydrogen) atoms. The third-order valence-corrected chi connectivity index (χ3v) is 4.68. The maximum Gasteiger partial charge on any atom is 0.272 e. The van der Waals surface area contributed by atoms with Crippen LogP contribution in [0.25, 0.3) is 16.9 Å². The summed E-state index contributed by atoms with van der Waals surface area (Å²) >= 11 is 0. The number of methoxy groups -OCH3 is 1. The second kappa shape index (κ2) is 7.82. The SMILES string of the molecule is COc1ccc(-n2nc(-c3ccc(F)cc3)cc2C(=O)N2CCOCC2)cc1. The van der Waals surface area contributed by atoms with Gasteiger partial charge in [-0.05, 0) is 54.6 Å². The summed E-state index contributed by atoms with van der Waals surface area (Å²) in [5, 5.41) is 4.63. The van der Waals surface area contributed by atoms with Crippen molar-refractivity contribution < 1.29 is 18.7 Å². The van der Waals surface area contributed by atoms with Crippen molar-refractivity contribution in [3.8, 4) is 22.7 Å². The first-order valence-corrected chi connectivity index (χ1v) is 9.03. The van der Waals surface area contributed by atoms with Crippen molar-refractivity contribution in [1.82, 2.24) is 14.7 Å². The van der Waals surface area contributed by atoms with Gasteiger partial charge in [0.2, 0.25) is 0 Å². The molecule has 0 unspecified atom stereocenters. The molecule has 0 atom stereocenters. The lowest BCUT2D eigenvalue weighted by Crippen LogP contribution is -2.41. The van der Waals surface area contributed by atoms with Gasteiger partial charge < -0.3 is 14.4 Å². The Balaban J connectivity index is 1.77. The van der Waals surface area contributed by atoms with E-state index in [-0.39, 0.29) is 11.7 Å². The highest BCUT2D eigenvalue weighted by Crippen LogP contribution is 2.24. The molecule has 0 bridgehead atoms. The fourth-order valence-electron chi connectivity index (χ4n) is 3.14. The van der Waals surface area contributed by atoms with Crippen LogP contribution in [0.5, 0.6) is 5.75 Å². The summed E-state index contributed by atoms with van der Waals surface area (Å²) < 4.78 is 25.5. The first kappa shape index (κ1) is 18.2. The zero-order chi connectivity index (χ0) is 19.5. The zero-order valence-corrected chi connectivity index (χ0v) is 15.5. The van der Waals surface area contributed by atoms with Crippen LogP contribution in [-0.2, 0) is 4.74 Å². The predicted molar refractivity (Wildman–Crippen MR) is 102 cm³/mol. The molecular weight excluding hydrogens is 361 g/mol. The average molecular weight is 381 g/mol. The van der Waals surface area contributed by atoms with Gasteiger partial charge >= 0.3 is 0 Å². The number of amides is 1. The standard InChI is InChI=1S/C21H20FN3O3/c1-27-18-8-6-17(7-9-18)25-20(21(26)24-10-12-28-13-11-24)14-19(23-25)15-2-4-16(22)5-3-15/h2-9,14H,10-13H2,1H3. The van der Waals surface area contributed by atoms with E-state index in [1.807, 2.05) is 24.3 Å². The molecule has 0 N–H and O–H groups in total. The predicted octanol–water partition coefficient (Wildman–Crippen LogP) is 3.16. The number of ether oxygens (including phenoxy) is 2. The Kier molecular flexibility index (Phi) is 5.08.